The molecule has 6 heteroatoms. The number of ether oxygens (including phenoxy) is 1. The fourth-order valence-electron chi connectivity index (χ4n) is 3.25. The third-order valence-electron chi connectivity index (χ3n) is 4.61. The van der Waals surface area contributed by atoms with Crippen LogP contribution in [0.2, 0.25) is 0 Å². The molecule has 1 saturated carbocycles. The number of thioether (sulfide) groups is 1. The lowest BCUT2D eigenvalue weighted by Crippen LogP contribution is -2.30. The van der Waals surface area contributed by atoms with E-state index in [2.05, 4.69) is 0 Å². The average molecular weight is 364 g/mol. The van der Waals surface area contributed by atoms with E-state index in [1.165, 1.54) is 44.6 Å². The average Bonchev–Trinajstić information content (AvgIpc) is 3.15. The quantitative estimate of drug-likeness (QED) is 0.628. The van der Waals surface area contributed by atoms with E-state index in [0.717, 1.165) is 17.9 Å². The zero-order valence-corrected chi connectivity index (χ0v) is 15.3. The van der Waals surface area contributed by atoms with Crippen molar-refractivity contribution >= 4 is 40.3 Å². The molecule has 4 nitrogen and oxygen atoms in total. The van der Waals surface area contributed by atoms with E-state index in [9.17, 15) is 9.90 Å². The lowest BCUT2D eigenvalue weighted by atomic mass is 10.0. The summed E-state index contributed by atoms with van der Waals surface area (Å²) in [4.78, 5) is 14.9. The summed E-state index contributed by atoms with van der Waals surface area (Å²) in [5, 5.41) is 9.86. The second-order valence-electron chi connectivity index (χ2n) is 6.20. The molecule has 1 aliphatic carbocycles. The molecule has 3 rings (SSSR count). The Hall–Kier alpha value is -1.53. The van der Waals surface area contributed by atoms with Gasteiger partial charge < -0.3 is 9.84 Å². The van der Waals surface area contributed by atoms with Crippen molar-refractivity contribution in [2.75, 3.05) is 13.7 Å². The van der Waals surface area contributed by atoms with Gasteiger partial charge in [-0.1, -0.05) is 55.7 Å². The van der Waals surface area contributed by atoms with Crippen molar-refractivity contribution in [2.45, 2.75) is 32.1 Å². The molecule has 2 fully saturated rings. The van der Waals surface area contributed by atoms with Crippen LogP contribution in [0.25, 0.3) is 6.08 Å². The number of hydrogen-bond donors (Lipinski definition) is 1. The van der Waals surface area contributed by atoms with Gasteiger partial charge in [-0.05, 0) is 36.1 Å². The zero-order chi connectivity index (χ0) is 17.1. The molecule has 128 valence electrons. The first kappa shape index (κ1) is 17.3. The maximum Gasteiger partial charge on any atom is 0.266 e. The Kier molecular flexibility index (Phi) is 5.46. The van der Waals surface area contributed by atoms with Gasteiger partial charge in [-0.25, -0.2) is 0 Å². The van der Waals surface area contributed by atoms with Crippen LogP contribution >= 0.6 is 24.0 Å². The fraction of sp³-hybridized carbons (Fsp3) is 0.444. The van der Waals surface area contributed by atoms with Crippen LogP contribution in [0.15, 0.2) is 23.1 Å². The van der Waals surface area contributed by atoms with Crippen LogP contribution in [0.4, 0.5) is 0 Å². The normalized spacial score (nSPS) is 20.4. The van der Waals surface area contributed by atoms with E-state index in [0.29, 0.717) is 21.5 Å². The molecule has 0 radical (unpaired) electrons. The maximum atomic E-state index is 12.6. The van der Waals surface area contributed by atoms with Crippen molar-refractivity contribution in [2.24, 2.45) is 5.92 Å². The van der Waals surface area contributed by atoms with Gasteiger partial charge in [-0.3, -0.25) is 9.69 Å². The minimum Gasteiger partial charge on any atom is -0.504 e. The summed E-state index contributed by atoms with van der Waals surface area (Å²) in [5.74, 6) is 1.18. The molecule has 24 heavy (non-hydrogen) atoms. The molecule has 0 aromatic heterocycles. The van der Waals surface area contributed by atoms with Crippen LogP contribution in [0, 0.1) is 5.92 Å². The molecule has 1 amide bonds. The first-order chi connectivity index (χ1) is 11.6. The highest BCUT2D eigenvalue weighted by molar-refractivity contribution is 8.26. The van der Waals surface area contributed by atoms with E-state index in [-0.39, 0.29) is 11.7 Å². The number of phenolic OH excluding ortho intramolecular Hbond substituents is 1. The number of carbonyl (C=O) groups excluding carboxylic acids is 1. The molecular formula is C18H21NO3S2. The van der Waals surface area contributed by atoms with Crippen LogP contribution in [-0.2, 0) is 4.79 Å². The fourth-order valence-corrected chi connectivity index (χ4v) is 4.56. The molecule has 0 unspecified atom stereocenters. The standard InChI is InChI=1S/C18H21NO3S2/c1-22-15-7-6-13(10-14(15)20)11-16-17(21)19(18(23)24-16)9-8-12-4-2-3-5-12/h6-7,10-12,20H,2-5,8-9H2,1H3/b16-11-. The van der Waals surface area contributed by atoms with Gasteiger partial charge in [0.1, 0.15) is 4.32 Å². The van der Waals surface area contributed by atoms with Crippen molar-refractivity contribution < 1.29 is 14.6 Å². The minimum atomic E-state index is -0.0293. The van der Waals surface area contributed by atoms with Gasteiger partial charge in [0.2, 0.25) is 0 Å². The molecule has 1 heterocycles. The van der Waals surface area contributed by atoms with E-state index in [4.69, 9.17) is 17.0 Å². The van der Waals surface area contributed by atoms with Gasteiger partial charge in [0.05, 0.1) is 12.0 Å². The number of rotatable bonds is 5. The number of benzene rings is 1. The first-order valence-electron chi connectivity index (χ1n) is 8.21. The van der Waals surface area contributed by atoms with Crippen LogP contribution in [-0.4, -0.2) is 33.9 Å². The number of hydrogen-bond acceptors (Lipinski definition) is 5. The Labute approximate surface area is 151 Å². The molecule has 1 aromatic carbocycles. The molecule has 2 aliphatic rings. The summed E-state index contributed by atoms with van der Waals surface area (Å²) in [6.45, 7) is 0.709. The Bertz CT molecular complexity index is 681. The molecule has 1 aliphatic heterocycles. The molecule has 1 saturated heterocycles. The third-order valence-corrected chi connectivity index (χ3v) is 5.99. The summed E-state index contributed by atoms with van der Waals surface area (Å²) in [6.07, 6.45) is 7.97. The van der Waals surface area contributed by atoms with E-state index in [1.54, 1.807) is 23.1 Å². The Morgan fingerprint density at radius 3 is 2.83 bits per heavy atom. The minimum absolute atomic E-state index is 0.0293. The zero-order valence-electron chi connectivity index (χ0n) is 13.7. The third kappa shape index (κ3) is 3.75. The van der Waals surface area contributed by atoms with Crippen LogP contribution in [0.1, 0.15) is 37.7 Å². The van der Waals surface area contributed by atoms with Gasteiger partial charge in [0.15, 0.2) is 11.5 Å². The van der Waals surface area contributed by atoms with Gasteiger partial charge in [0.25, 0.3) is 5.91 Å². The van der Waals surface area contributed by atoms with Gasteiger partial charge in [0, 0.05) is 6.54 Å². The number of phenols is 1. The van der Waals surface area contributed by atoms with E-state index < -0.39 is 0 Å². The van der Waals surface area contributed by atoms with Crippen LogP contribution in [0.5, 0.6) is 11.5 Å². The van der Waals surface area contributed by atoms with Crippen molar-refractivity contribution in [1.82, 2.24) is 4.90 Å². The van der Waals surface area contributed by atoms with Gasteiger partial charge in [-0.2, -0.15) is 0 Å². The number of carbonyl (C=O) groups is 1. The Morgan fingerprint density at radius 1 is 1.42 bits per heavy atom. The lowest BCUT2D eigenvalue weighted by molar-refractivity contribution is -0.122. The van der Waals surface area contributed by atoms with Crippen LogP contribution < -0.4 is 4.74 Å². The molecule has 1 aromatic rings. The van der Waals surface area contributed by atoms with Gasteiger partial charge >= 0.3 is 0 Å². The summed E-state index contributed by atoms with van der Waals surface area (Å²) in [6, 6.07) is 5.08. The predicted octanol–water partition coefficient (Wildman–Crippen LogP) is 4.18. The van der Waals surface area contributed by atoms with Gasteiger partial charge in [-0.15, -0.1) is 0 Å². The second-order valence-corrected chi connectivity index (χ2v) is 7.88. The van der Waals surface area contributed by atoms with Crippen molar-refractivity contribution in [3.63, 3.8) is 0 Å². The second kappa shape index (κ2) is 7.57. The van der Waals surface area contributed by atoms with Crippen molar-refractivity contribution in [1.29, 1.82) is 0 Å². The highest BCUT2D eigenvalue weighted by Crippen LogP contribution is 2.35. The van der Waals surface area contributed by atoms with E-state index >= 15 is 0 Å². The largest absolute Gasteiger partial charge is 0.504 e. The topological polar surface area (TPSA) is 49.8 Å². The SMILES string of the molecule is COc1ccc(/C=C2\SC(=S)N(CCC3CCCC3)C2=O)cc1O. The Morgan fingerprint density at radius 2 is 2.17 bits per heavy atom. The summed E-state index contributed by atoms with van der Waals surface area (Å²) in [5.41, 5.74) is 0.754. The number of amides is 1. The molecule has 0 spiro atoms. The molecule has 0 bridgehead atoms. The van der Waals surface area contributed by atoms with Crippen molar-refractivity contribution in [3.05, 3.63) is 28.7 Å². The number of aromatic hydroxyl groups is 1. The number of methoxy groups -OCH3 is 1. The highest BCUT2D eigenvalue weighted by atomic mass is 32.2. The monoisotopic (exact) mass is 363 g/mol. The smallest absolute Gasteiger partial charge is 0.266 e. The molecular weight excluding hydrogens is 342 g/mol. The number of thiocarbonyl (C=S) groups is 1. The molecule has 0 atom stereocenters. The first-order valence-corrected chi connectivity index (χ1v) is 9.43. The van der Waals surface area contributed by atoms with Crippen molar-refractivity contribution in [3.8, 4) is 11.5 Å². The summed E-state index contributed by atoms with van der Waals surface area (Å²) >= 11 is 6.71. The summed E-state index contributed by atoms with van der Waals surface area (Å²) in [7, 11) is 1.50. The lowest BCUT2D eigenvalue weighted by Gasteiger charge is -2.17. The number of nitrogens with zero attached hydrogens (tertiary/aromatic N) is 1. The molecule has 1 N–H and O–H groups in total. The van der Waals surface area contributed by atoms with E-state index in [1.807, 2.05) is 6.07 Å². The maximum absolute atomic E-state index is 12.6. The summed E-state index contributed by atoms with van der Waals surface area (Å²) < 4.78 is 5.66. The predicted molar refractivity (Wildman–Crippen MR) is 101 cm³/mol. The Balaban J connectivity index is 1.69. The van der Waals surface area contributed by atoms with Crippen LogP contribution in [0.3, 0.4) is 0 Å². The highest BCUT2D eigenvalue weighted by Gasteiger charge is 2.32.